The number of nitrogens with zero attached hydrogens (tertiary/aromatic N) is 3. The second-order valence-corrected chi connectivity index (χ2v) is 9.44. The molecule has 4 aromatic rings. The van der Waals surface area contributed by atoms with Crippen LogP contribution in [0.3, 0.4) is 0 Å². The first-order valence-electron chi connectivity index (χ1n) is 12.8. The number of hydrogen-bond acceptors (Lipinski definition) is 2. The van der Waals surface area contributed by atoms with Crippen LogP contribution in [0.4, 0.5) is 16.2 Å². The molecule has 2 heterocycles. The second-order valence-electron chi connectivity index (χ2n) is 9.44. The lowest BCUT2D eigenvalue weighted by molar-refractivity contribution is -0.119. The molecule has 0 radical (unpaired) electrons. The number of nitrogens with one attached hydrogen (secondary N) is 1. The first-order chi connectivity index (χ1) is 18.1. The van der Waals surface area contributed by atoms with Crippen LogP contribution >= 0.6 is 0 Å². The van der Waals surface area contributed by atoms with E-state index >= 15 is 0 Å². The van der Waals surface area contributed by atoms with E-state index in [2.05, 4.69) is 48.0 Å². The van der Waals surface area contributed by atoms with E-state index in [4.69, 9.17) is 0 Å². The Morgan fingerprint density at radius 3 is 2.41 bits per heavy atom. The number of hydrogen-bond donors (Lipinski definition) is 1. The van der Waals surface area contributed by atoms with E-state index in [1.807, 2.05) is 77.8 Å². The molecule has 3 aromatic carbocycles. The molecule has 0 saturated heterocycles. The van der Waals surface area contributed by atoms with Gasteiger partial charge in [0.2, 0.25) is 5.91 Å². The van der Waals surface area contributed by atoms with Crippen molar-refractivity contribution < 1.29 is 9.59 Å². The van der Waals surface area contributed by atoms with Crippen LogP contribution in [0.1, 0.15) is 42.6 Å². The maximum Gasteiger partial charge on any atom is 0.322 e. The van der Waals surface area contributed by atoms with Crippen LogP contribution in [0.2, 0.25) is 0 Å². The van der Waals surface area contributed by atoms with E-state index in [0.717, 1.165) is 41.0 Å². The topological polar surface area (TPSA) is 57.6 Å². The average molecular weight is 493 g/mol. The van der Waals surface area contributed by atoms with Gasteiger partial charge < -0.3 is 14.8 Å². The first-order valence-corrected chi connectivity index (χ1v) is 12.8. The van der Waals surface area contributed by atoms with Crippen molar-refractivity contribution in [3.8, 4) is 5.69 Å². The molecule has 1 N–H and O–H groups in total. The Bertz CT molecular complexity index is 1400. The molecule has 3 amide bonds. The van der Waals surface area contributed by atoms with E-state index in [1.165, 1.54) is 0 Å². The van der Waals surface area contributed by atoms with Crippen molar-refractivity contribution in [1.29, 1.82) is 0 Å². The monoisotopic (exact) mass is 492 g/mol. The Labute approximate surface area is 218 Å². The molecule has 188 valence electrons. The quantitative estimate of drug-likeness (QED) is 0.318. The van der Waals surface area contributed by atoms with Gasteiger partial charge in [-0.05, 0) is 55.3 Å². The number of urea groups is 1. The van der Waals surface area contributed by atoms with Gasteiger partial charge in [-0.25, -0.2) is 4.79 Å². The third-order valence-corrected chi connectivity index (χ3v) is 6.77. The fourth-order valence-electron chi connectivity index (χ4n) is 4.98. The molecule has 1 aliphatic rings. The van der Waals surface area contributed by atoms with Gasteiger partial charge >= 0.3 is 6.03 Å². The molecule has 0 bridgehead atoms. The molecule has 0 saturated carbocycles. The number of anilines is 2. The van der Waals surface area contributed by atoms with Crippen molar-refractivity contribution in [2.45, 2.75) is 32.7 Å². The fraction of sp³-hybridized carbons (Fsp3) is 0.226. The van der Waals surface area contributed by atoms with Crippen LogP contribution in [0.5, 0.6) is 0 Å². The minimum atomic E-state index is -0.303. The van der Waals surface area contributed by atoms with Crippen molar-refractivity contribution in [1.82, 2.24) is 9.47 Å². The summed E-state index contributed by atoms with van der Waals surface area (Å²) in [7, 11) is 0. The number of aryl methyl sites for hydroxylation is 1. The summed E-state index contributed by atoms with van der Waals surface area (Å²) < 4.78 is 2.16. The van der Waals surface area contributed by atoms with Gasteiger partial charge in [-0.2, -0.15) is 0 Å². The largest absolute Gasteiger partial charge is 0.322 e. The summed E-state index contributed by atoms with van der Waals surface area (Å²) in [5.41, 5.74) is 5.69. The zero-order valence-corrected chi connectivity index (χ0v) is 21.3. The van der Waals surface area contributed by atoms with E-state index in [1.54, 1.807) is 4.90 Å². The lowest BCUT2D eigenvalue weighted by Crippen LogP contribution is -2.48. The van der Waals surface area contributed by atoms with Gasteiger partial charge in [0.05, 0.1) is 17.1 Å². The highest BCUT2D eigenvalue weighted by Gasteiger charge is 2.37. The van der Waals surface area contributed by atoms with Crippen molar-refractivity contribution >= 4 is 23.3 Å². The summed E-state index contributed by atoms with van der Waals surface area (Å²) >= 11 is 0. The van der Waals surface area contributed by atoms with Gasteiger partial charge in [-0.15, -0.1) is 0 Å². The zero-order chi connectivity index (χ0) is 25.8. The second kappa shape index (κ2) is 10.7. The minimum absolute atomic E-state index is 0.0178. The maximum absolute atomic E-state index is 14.2. The molecule has 1 aliphatic heterocycles. The number of unbranched alkanes of at least 4 members (excludes halogenated alkanes) is 1. The summed E-state index contributed by atoms with van der Waals surface area (Å²) in [5.74, 6) is -0.120. The van der Waals surface area contributed by atoms with E-state index < -0.39 is 0 Å². The van der Waals surface area contributed by atoms with Crippen LogP contribution in [0.25, 0.3) is 5.69 Å². The van der Waals surface area contributed by atoms with Crippen molar-refractivity contribution in [2.24, 2.45) is 0 Å². The summed E-state index contributed by atoms with van der Waals surface area (Å²) in [6.45, 7) is 4.63. The number of fused-ring (bicyclic) bond motifs is 3. The van der Waals surface area contributed by atoms with Crippen LogP contribution in [-0.4, -0.2) is 34.5 Å². The van der Waals surface area contributed by atoms with Crippen molar-refractivity contribution in [3.63, 3.8) is 0 Å². The van der Waals surface area contributed by atoms with Crippen molar-refractivity contribution in [3.05, 3.63) is 114 Å². The smallest absolute Gasteiger partial charge is 0.316 e. The molecular weight excluding hydrogens is 460 g/mol. The van der Waals surface area contributed by atoms with E-state index in [0.29, 0.717) is 12.2 Å². The molecule has 0 fully saturated rings. The number of para-hydroxylation sites is 3. The number of amides is 3. The first kappa shape index (κ1) is 24.4. The molecule has 1 unspecified atom stereocenters. The van der Waals surface area contributed by atoms with Crippen LogP contribution in [0, 0.1) is 6.92 Å². The minimum Gasteiger partial charge on any atom is -0.316 e. The molecule has 6 nitrogen and oxygen atoms in total. The summed E-state index contributed by atoms with van der Waals surface area (Å²) in [5, 5.41) is 2.95. The lowest BCUT2D eigenvalue weighted by Gasteiger charge is -2.39. The fourth-order valence-corrected chi connectivity index (χ4v) is 4.98. The highest BCUT2D eigenvalue weighted by atomic mass is 16.2. The number of carbonyl (C=O) groups is 2. The van der Waals surface area contributed by atoms with Gasteiger partial charge in [0.1, 0.15) is 12.6 Å². The highest BCUT2D eigenvalue weighted by Crippen LogP contribution is 2.42. The van der Waals surface area contributed by atoms with Crippen molar-refractivity contribution in [2.75, 3.05) is 23.3 Å². The number of benzene rings is 3. The average Bonchev–Trinajstić information content (AvgIpc) is 3.40. The van der Waals surface area contributed by atoms with Crippen LogP contribution in [0.15, 0.2) is 97.2 Å². The van der Waals surface area contributed by atoms with Crippen LogP contribution < -0.4 is 10.2 Å². The SMILES string of the molecule is CCCCN(CC(=O)N1c2ccccc2-n2cccc2C1c1cccc(C)c1)C(=O)Nc1ccccc1. The van der Waals surface area contributed by atoms with Gasteiger partial charge in [-0.3, -0.25) is 9.69 Å². The molecule has 5 rings (SSSR count). The predicted molar refractivity (Wildman–Crippen MR) is 148 cm³/mol. The normalized spacial score (nSPS) is 14.0. The lowest BCUT2D eigenvalue weighted by atomic mass is 9.96. The third kappa shape index (κ3) is 5.00. The Morgan fingerprint density at radius 1 is 0.892 bits per heavy atom. The van der Waals surface area contributed by atoms with E-state index in [9.17, 15) is 9.59 Å². The molecule has 6 heteroatoms. The summed E-state index contributed by atoms with van der Waals surface area (Å²) in [4.78, 5) is 31.0. The Hall–Kier alpha value is -4.32. The Morgan fingerprint density at radius 2 is 1.65 bits per heavy atom. The van der Waals surface area contributed by atoms with E-state index in [-0.39, 0.29) is 24.5 Å². The molecule has 0 spiro atoms. The maximum atomic E-state index is 14.2. The highest BCUT2D eigenvalue weighted by molar-refractivity contribution is 6.01. The number of aromatic nitrogens is 1. The molecule has 37 heavy (non-hydrogen) atoms. The molecule has 0 aliphatic carbocycles. The number of rotatable bonds is 7. The van der Waals surface area contributed by atoms with Gasteiger partial charge in [0, 0.05) is 18.4 Å². The zero-order valence-electron chi connectivity index (χ0n) is 21.3. The molecule has 1 atom stereocenters. The van der Waals surface area contributed by atoms with Gasteiger partial charge in [-0.1, -0.05) is 73.5 Å². The number of carbonyl (C=O) groups excluding carboxylic acids is 2. The molecular formula is C31H32N4O2. The standard InChI is InChI=1S/C31H32N4O2/c1-3-4-19-33(31(37)32-25-14-6-5-7-15-25)22-29(36)35-27-17-9-8-16-26(27)34-20-11-18-28(34)30(35)24-13-10-12-23(2)21-24/h5-18,20-21,30H,3-4,19,22H2,1-2H3,(H,32,37). The summed E-state index contributed by atoms with van der Waals surface area (Å²) in [6, 6.07) is 29.1. The third-order valence-electron chi connectivity index (χ3n) is 6.77. The van der Waals surface area contributed by atoms with Gasteiger partial charge in [0.25, 0.3) is 0 Å². The van der Waals surface area contributed by atoms with Crippen LogP contribution in [-0.2, 0) is 4.79 Å². The Kier molecular flexibility index (Phi) is 7.08. The molecule has 1 aromatic heterocycles. The predicted octanol–water partition coefficient (Wildman–Crippen LogP) is 6.56. The summed E-state index contributed by atoms with van der Waals surface area (Å²) in [6.07, 6.45) is 3.78. The van der Waals surface area contributed by atoms with Gasteiger partial charge in [0.15, 0.2) is 0 Å². The Balaban J connectivity index is 1.51.